The molecule has 0 bridgehead atoms. The monoisotopic (exact) mass is 335 g/mol. The van der Waals surface area contributed by atoms with Crippen molar-refractivity contribution in [2.45, 2.75) is 38.6 Å². The third-order valence-electron chi connectivity index (χ3n) is 4.24. The second-order valence-corrected chi connectivity index (χ2v) is 6.23. The Balaban J connectivity index is 1.89. The van der Waals surface area contributed by atoms with Crippen LogP contribution in [-0.4, -0.2) is 31.6 Å². The maximum absolute atomic E-state index is 5.33. The number of hydrogen-bond donors (Lipinski definition) is 2. The number of nitrogens with zero attached hydrogens (tertiary/aromatic N) is 1. The molecule has 1 saturated carbocycles. The first-order valence-corrected chi connectivity index (χ1v) is 8.36. The van der Waals surface area contributed by atoms with Crippen molar-refractivity contribution in [2.75, 3.05) is 14.2 Å². The van der Waals surface area contributed by atoms with Crippen LogP contribution >= 0.6 is 12.2 Å². The second-order valence-electron chi connectivity index (χ2n) is 5.82. The lowest BCUT2D eigenvalue weighted by atomic mass is 9.86. The van der Waals surface area contributed by atoms with Gasteiger partial charge in [-0.15, -0.1) is 0 Å². The minimum absolute atomic E-state index is 0.439. The van der Waals surface area contributed by atoms with Gasteiger partial charge >= 0.3 is 0 Å². The molecule has 0 unspecified atom stereocenters. The highest BCUT2D eigenvalue weighted by Crippen LogP contribution is 2.24. The number of ether oxygens (including phenoxy) is 2. The largest absolute Gasteiger partial charge is 0.497 e. The van der Waals surface area contributed by atoms with Gasteiger partial charge in [0.05, 0.1) is 20.4 Å². The van der Waals surface area contributed by atoms with Gasteiger partial charge in [-0.2, -0.15) is 5.10 Å². The molecule has 0 radical (unpaired) electrons. The van der Waals surface area contributed by atoms with Gasteiger partial charge in [0.25, 0.3) is 0 Å². The molecule has 0 heterocycles. The molecule has 1 fully saturated rings. The van der Waals surface area contributed by atoms with Crippen molar-refractivity contribution in [1.82, 2.24) is 10.7 Å². The van der Waals surface area contributed by atoms with Crippen molar-refractivity contribution in [2.24, 2.45) is 11.0 Å². The van der Waals surface area contributed by atoms with E-state index in [9.17, 15) is 0 Å². The molecule has 2 N–H and O–H groups in total. The lowest BCUT2D eigenvalue weighted by Gasteiger charge is -2.30. The van der Waals surface area contributed by atoms with Crippen LogP contribution in [0.25, 0.3) is 0 Å². The molecule has 2 rings (SSSR count). The Hall–Kier alpha value is -1.82. The molecule has 23 heavy (non-hydrogen) atoms. The predicted molar refractivity (Wildman–Crippen MR) is 97.4 cm³/mol. The van der Waals surface area contributed by atoms with Crippen LogP contribution in [0.15, 0.2) is 23.3 Å². The van der Waals surface area contributed by atoms with E-state index in [1.807, 2.05) is 18.2 Å². The SMILES string of the molecule is COc1ccc(/C=N\NC(=S)N[C@@H]2CCCC[C@@H]2C)c(OC)c1. The van der Waals surface area contributed by atoms with Gasteiger partial charge in [0.1, 0.15) is 11.5 Å². The third-order valence-corrected chi connectivity index (χ3v) is 4.45. The molecular weight excluding hydrogens is 310 g/mol. The first kappa shape index (κ1) is 17.5. The van der Waals surface area contributed by atoms with E-state index < -0.39 is 0 Å². The van der Waals surface area contributed by atoms with Crippen LogP contribution in [0.3, 0.4) is 0 Å². The van der Waals surface area contributed by atoms with Gasteiger partial charge in [0, 0.05) is 17.7 Å². The highest BCUT2D eigenvalue weighted by atomic mass is 32.1. The Bertz CT molecular complexity index is 563. The lowest BCUT2D eigenvalue weighted by molar-refractivity contribution is 0.308. The molecular formula is C17H25N3O2S. The normalized spacial score (nSPS) is 21.0. The Morgan fingerprint density at radius 1 is 1.26 bits per heavy atom. The fraction of sp³-hybridized carbons (Fsp3) is 0.529. The van der Waals surface area contributed by atoms with Gasteiger partial charge < -0.3 is 14.8 Å². The number of hydrazone groups is 1. The van der Waals surface area contributed by atoms with Crippen LogP contribution in [0.1, 0.15) is 38.2 Å². The number of methoxy groups -OCH3 is 2. The molecule has 0 aromatic heterocycles. The van der Waals surface area contributed by atoms with Crippen LogP contribution in [0.4, 0.5) is 0 Å². The Labute approximate surface area is 143 Å². The molecule has 0 aliphatic heterocycles. The second kappa shape index (κ2) is 8.72. The van der Waals surface area contributed by atoms with Crippen LogP contribution in [0.5, 0.6) is 11.5 Å². The molecule has 1 aromatic rings. The summed E-state index contributed by atoms with van der Waals surface area (Å²) in [5, 5.41) is 8.12. The Kier molecular flexibility index (Phi) is 6.65. The fourth-order valence-electron chi connectivity index (χ4n) is 2.82. The van der Waals surface area contributed by atoms with E-state index in [4.69, 9.17) is 21.7 Å². The highest BCUT2D eigenvalue weighted by molar-refractivity contribution is 7.80. The first-order valence-electron chi connectivity index (χ1n) is 7.95. The molecule has 0 spiro atoms. The van der Waals surface area contributed by atoms with E-state index in [-0.39, 0.29) is 0 Å². The number of rotatable bonds is 5. The van der Waals surface area contributed by atoms with Gasteiger partial charge in [-0.3, -0.25) is 5.43 Å². The highest BCUT2D eigenvalue weighted by Gasteiger charge is 2.21. The lowest BCUT2D eigenvalue weighted by Crippen LogP contribution is -2.44. The summed E-state index contributed by atoms with van der Waals surface area (Å²) in [6.45, 7) is 2.27. The van der Waals surface area contributed by atoms with Crippen molar-refractivity contribution < 1.29 is 9.47 Å². The van der Waals surface area contributed by atoms with Gasteiger partial charge in [-0.25, -0.2) is 0 Å². The molecule has 126 valence electrons. The van der Waals surface area contributed by atoms with Crippen molar-refractivity contribution in [3.63, 3.8) is 0 Å². The number of benzene rings is 1. The first-order chi connectivity index (χ1) is 11.1. The van der Waals surface area contributed by atoms with Gasteiger partial charge in [0.2, 0.25) is 0 Å². The summed E-state index contributed by atoms with van der Waals surface area (Å²) in [6.07, 6.45) is 6.69. The average molecular weight is 335 g/mol. The van der Waals surface area contributed by atoms with E-state index in [1.54, 1.807) is 20.4 Å². The van der Waals surface area contributed by atoms with Crippen LogP contribution in [0, 0.1) is 5.92 Å². The summed E-state index contributed by atoms with van der Waals surface area (Å²) in [7, 11) is 3.25. The fourth-order valence-corrected chi connectivity index (χ4v) is 3.02. The molecule has 1 aliphatic rings. The van der Waals surface area contributed by atoms with Crippen molar-refractivity contribution in [3.8, 4) is 11.5 Å². The standard InChI is InChI=1S/C17H25N3O2S/c1-12-6-4-5-7-15(12)19-17(23)20-18-11-13-8-9-14(21-2)10-16(13)22-3/h8-12,15H,4-7H2,1-3H3,(H2,19,20,23)/b18-11-/t12-,15+/m0/s1. The maximum atomic E-state index is 5.33. The zero-order valence-electron chi connectivity index (χ0n) is 14.0. The van der Waals surface area contributed by atoms with Gasteiger partial charge in [0.15, 0.2) is 5.11 Å². The summed E-state index contributed by atoms with van der Waals surface area (Å²) >= 11 is 5.32. The molecule has 1 aliphatic carbocycles. The topological polar surface area (TPSA) is 54.9 Å². The summed E-state index contributed by atoms with van der Waals surface area (Å²) in [5.74, 6) is 2.10. The molecule has 2 atom stereocenters. The van der Waals surface area contributed by atoms with Crippen LogP contribution in [-0.2, 0) is 0 Å². The van der Waals surface area contributed by atoms with E-state index in [0.717, 1.165) is 11.3 Å². The van der Waals surface area contributed by atoms with Gasteiger partial charge in [-0.05, 0) is 43.1 Å². The summed E-state index contributed by atoms with van der Waals surface area (Å²) in [6, 6.07) is 6.02. The quantitative estimate of drug-likeness (QED) is 0.492. The van der Waals surface area contributed by atoms with E-state index in [0.29, 0.717) is 22.8 Å². The third kappa shape index (κ3) is 5.10. The minimum atomic E-state index is 0.439. The van der Waals surface area contributed by atoms with E-state index in [1.165, 1.54) is 25.7 Å². The summed E-state index contributed by atoms with van der Waals surface area (Å²) in [4.78, 5) is 0. The predicted octanol–water partition coefficient (Wildman–Crippen LogP) is 3.08. The molecule has 0 saturated heterocycles. The number of thiocarbonyl (C=S) groups is 1. The maximum Gasteiger partial charge on any atom is 0.187 e. The molecule has 1 aromatic carbocycles. The Morgan fingerprint density at radius 3 is 2.74 bits per heavy atom. The zero-order valence-corrected chi connectivity index (χ0v) is 14.8. The Morgan fingerprint density at radius 2 is 2.04 bits per heavy atom. The molecule has 6 heteroatoms. The van der Waals surface area contributed by atoms with Crippen LogP contribution < -0.4 is 20.2 Å². The number of hydrogen-bond acceptors (Lipinski definition) is 4. The van der Waals surface area contributed by atoms with Crippen molar-refractivity contribution in [1.29, 1.82) is 0 Å². The molecule has 5 nitrogen and oxygen atoms in total. The zero-order chi connectivity index (χ0) is 16.7. The van der Waals surface area contributed by atoms with Crippen molar-refractivity contribution in [3.05, 3.63) is 23.8 Å². The smallest absolute Gasteiger partial charge is 0.187 e. The molecule has 0 amide bonds. The van der Waals surface area contributed by atoms with E-state index in [2.05, 4.69) is 22.8 Å². The van der Waals surface area contributed by atoms with Gasteiger partial charge in [-0.1, -0.05) is 19.8 Å². The van der Waals surface area contributed by atoms with Crippen molar-refractivity contribution >= 4 is 23.5 Å². The minimum Gasteiger partial charge on any atom is -0.497 e. The average Bonchev–Trinajstić information content (AvgIpc) is 2.57. The summed E-state index contributed by atoms with van der Waals surface area (Å²) in [5.41, 5.74) is 3.74. The number of nitrogens with one attached hydrogen (secondary N) is 2. The van der Waals surface area contributed by atoms with E-state index >= 15 is 0 Å². The summed E-state index contributed by atoms with van der Waals surface area (Å²) < 4.78 is 10.5. The van der Waals surface area contributed by atoms with Crippen LogP contribution in [0.2, 0.25) is 0 Å².